The molecular weight excluding hydrogens is 750 g/mol. The van der Waals surface area contributed by atoms with Crippen molar-refractivity contribution in [1.82, 2.24) is 35.8 Å². The molecule has 0 radical (unpaired) electrons. The Labute approximate surface area is 334 Å². The molecule has 56 heavy (non-hydrogen) atoms. The van der Waals surface area contributed by atoms with Crippen molar-refractivity contribution in [2.45, 2.75) is 79.7 Å². The van der Waals surface area contributed by atoms with Crippen molar-refractivity contribution in [2.24, 2.45) is 11.5 Å². The third kappa shape index (κ3) is 9.68. The van der Waals surface area contributed by atoms with Crippen molar-refractivity contribution in [3.63, 3.8) is 0 Å². The number of nitrogens with one attached hydrogen (secondary N) is 5. The number of carbonyl (C=O) groups is 3. The second-order valence-electron chi connectivity index (χ2n) is 13.9. The van der Waals surface area contributed by atoms with Crippen LogP contribution in [0.25, 0.3) is 22.0 Å². The zero-order valence-corrected chi connectivity index (χ0v) is 32.8. The SMILES string of the molecule is CN1C(=O)C(CCCCN)NC(=O)C(CCCN)NCc2cccnc2Sc2c(Cl)ccc(-c3ccc(=O)[nH]c3)c2CNC(=O)C1Cc1c[nH]c2ccccc12. The maximum Gasteiger partial charge on any atom is 0.247 e. The monoisotopic (exact) mass is 797 g/mol. The summed E-state index contributed by atoms with van der Waals surface area (Å²) in [6.45, 7) is 1.16. The van der Waals surface area contributed by atoms with E-state index < -0.39 is 24.0 Å². The van der Waals surface area contributed by atoms with Gasteiger partial charge in [0, 0.05) is 67.0 Å². The third-order valence-corrected chi connectivity index (χ3v) is 11.8. The molecule has 2 aromatic carbocycles. The van der Waals surface area contributed by atoms with Crippen molar-refractivity contribution in [2.75, 3.05) is 20.1 Å². The minimum atomic E-state index is -0.966. The molecule has 0 saturated heterocycles. The van der Waals surface area contributed by atoms with Crippen LogP contribution in [-0.4, -0.2) is 75.8 Å². The number of pyridine rings is 2. The topological polar surface area (TPSA) is 204 Å². The number of H-pyrrole nitrogens is 2. The first-order valence-corrected chi connectivity index (χ1v) is 20.0. The number of aromatic nitrogens is 3. The number of nitrogens with two attached hydrogens (primary N) is 2. The van der Waals surface area contributed by atoms with Crippen LogP contribution in [0.4, 0.5) is 0 Å². The maximum absolute atomic E-state index is 14.6. The normalized spacial score (nSPS) is 18.5. The van der Waals surface area contributed by atoms with Gasteiger partial charge in [-0.2, -0.15) is 0 Å². The van der Waals surface area contributed by atoms with Crippen molar-refractivity contribution in [1.29, 1.82) is 0 Å². The van der Waals surface area contributed by atoms with Crippen molar-refractivity contribution in [3.05, 3.63) is 111 Å². The molecule has 9 N–H and O–H groups in total. The fourth-order valence-corrected chi connectivity index (χ4v) is 8.33. The molecule has 0 fully saturated rings. The summed E-state index contributed by atoms with van der Waals surface area (Å²) in [6.07, 6.45) is 8.00. The van der Waals surface area contributed by atoms with Crippen molar-refractivity contribution < 1.29 is 14.4 Å². The van der Waals surface area contributed by atoms with Gasteiger partial charge in [0.15, 0.2) is 0 Å². The van der Waals surface area contributed by atoms with Gasteiger partial charge in [0.1, 0.15) is 17.1 Å². The molecule has 6 rings (SSSR count). The molecule has 0 bridgehead atoms. The minimum absolute atomic E-state index is 0.0425. The molecule has 1 aliphatic heterocycles. The number of aromatic amines is 2. The Morgan fingerprint density at radius 3 is 2.45 bits per heavy atom. The highest BCUT2D eigenvalue weighted by atomic mass is 35.5. The van der Waals surface area contributed by atoms with Gasteiger partial charge in [-0.15, -0.1) is 0 Å². The van der Waals surface area contributed by atoms with Crippen LogP contribution in [0.3, 0.4) is 0 Å². The van der Waals surface area contributed by atoms with Crippen molar-refractivity contribution in [3.8, 4) is 11.1 Å². The van der Waals surface area contributed by atoms with Gasteiger partial charge in [-0.3, -0.25) is 19.2 Å². The van der Waals surface area contributed by atoms with Gasteiger partial charge in [-0.25, -0.2) is 4.98 Å². The van der Waals surface area contributed by atoms with Gasteiger partial charge in [-0.05, 0) is 97.3 Å². The Balaban J connectivity index is 1.47. The number of amides is 3. The van der Waals surface area contributed by atoms with Gasteiger partial charge in [-0.1, -0.05) is 53.7 Å². The highest BCUT2D eigenvalue weighted by Crippen LogP contribution is 2.41. The summed E-state index contributed by atoms with van der Waals surface area (Å²) < 4.78 is 0. The average Bonchev–Trinajstić information content (AvgIpc) is 3.62. The first kappa shape index (κ1) is 40.7. The number of rotatable bonds is 10. The number of benzene rings is 2. The molecule has 5 aromatic rings. The summed E-state index contributed by atoms with van der Waals surface area (Å²) in [5.74, 6) is -1.12. The van der Waals surface area contributed by atoms with Crippen LogP contribution in [0.15, 0.2) is 94.0 Å². The molecule has 294 valence electrons. The van der Waals surface area contributed by atoms with E-state index in [4.69, 9.17) is 28.1 Å². The van der Waals surface area contributed by atoms with Crippen LogP contribution in [0.1, 0.15) is 48.8 Å². The van der Waals surface area contributed by atoms with E-state index in [1.54, 1.807) is 31.6 Å². The minimum Gasteiger partial charge on any atom is -0.361 e. The number of carbonyl (C=O) groups excluding carboxylic acids is 3. The molecule has 3 aromatic heterocycles. The van der Waals surface area contributed by atoms with Crippen LogP contribution in [0.2, 0.25) is 5.02 Å². The molecule has 0 spiro atoms. The Morgan fingerprint density at radius 2 is 1.66 bits per heavy atom. The van der Waals surface area contributed by atoms with E-state index in [1.165, 1.54) is 22.7 Å². The number of hydrogen-bond donors (Lipinski definition) is 7. The number of nitrogens with zero attached hydrogens (tertiary/aromatic N) is 2. The van der Waals surface area contributed by atoms with E-state index in [9.17, 15) is 19.2 Å². The summed E-state index contributed by atoms with van der Waals surface area (Å²) in [5, 5.41) is 11.6. The first-order valence-electron chi connectivity index (χ1n) is 18.8. The van der Waals surface area contributed by atoms with E-state index in [1.807, 2.05) is 48.7 Å². The summed E-state index contributed by atoms with van der Waals surface area (Å²) in [7, 11) is 1.61. The van der Waals surface area contributed by atoms with E-state index in [-0.39, 0.29) is 30.3 Å². The second-order valence-corrected chi connectivity index (χ2v) is 15.3. The Bertz CT molecular complexity index is 2210. The smallest absolute Gasteiger partial charge is 0.247 e. The lowest BCUT2D eigenvalue weighted by Crippen LogP contribution is -2.57. The number of likely N-dealkylation sites (N-methyl/N-ethyl adjacent to an activating group) is 1. The van der Waals surface area contributed by atoms with Gasteiger partial charge in [0.2, 0.25) is 23.3 Å². The standard InChI is InChI=1S/C41H48ClN9O4S/c1-51-35(20-27-23-46-32-10-3-2-9-29(27)32)39(54)49-24-30-28(25-13-16-36(52)48-21-25)14-15-31(42)37(30)56-40-26(8-7-19-45-40)22-47-33(12-6-18-44)38(53)50-34(41(51)55)11-4-5-17-43/h2-3,7-10,13-16,19,21,23,33-35,46-47H,4-6,11-12,17-18,20,22,24,43-44H2,1H3,(H,48,52)(H,49,54)(H,50,53). The highest BCUT2D eigenvalue weighted by molar-refractivity contribution is 7.99. The van der Waals surface area contributed by atoms with Gasteiger partial charge < -0.3 is 42.3 Å². The number of hydrogen-bond acceptors (Lipinski definition) is 9. The molecule has 3 amide bonds. The predicted molar refractivity (Wildman–Crippen MR) is 220 cm³/mol. The maximum atomic E-state index is 14.6. The van der Waals surface area contributed by atoms with Gasteiger partial charge >= 0.3 is 0 Å². The Kier molecular flexibility index (Phi) is 14.0. The summed E-state index contributed by atoms with van der Waals surface area (Å²) in [6, 6.07) is 15.8. The Hall–Kier alpha value is -4.99. The lowest BCUT2D eigenvalue weighted by molar-refractivity contribution is -0.142. The van der Waals surface area contributed by atoms with E-state index in [0.29, 0.717) is 72.2 Å². The number of para-hydroxylation sites is 1. The zero-order chi connectivity index (χ0) is 39.6. The van der Waals surface area contributed by atoms with Crippen LogP contribution in [0, 0.1) is 0 Å². The van der Waals surface area contributed by atoms with Crippen molar-refractivity contribution >= 4 is 52.0 Å². The average molecular weight is 798 g/mol. The van der Waals surface area contributed by atoms with Crippen LogP contribution >= 0.6 is 23.4 Å². The molecule has 1 aliphatic rings. The number of fused-ring (bicyclic) bond motifs is 3. The molecular formula is C41H48ClN9O4S. The quantitative estimate of drug-likeness (QED) is 0.101. The van der Waals surface area contributed by atoms with Crippen LogP contribution in [0.5, 0.6) is 0 Å². The predicted octanol–water partition coefficient (Wildman–Crippen LogP) is 4.23. The van der Waals surface area contributed by atoms with E-state index >= 15 is 0 Å². The summed E-state index contributed by atoms with van der Waals surface area (Å²) in [5.41, 5.74) is 16.2. The van der Waals surface area contributed by atoms with Gasteiger partial charge in [0.05, 0.1) is 11.1 Å². The lowest BCUT2D eigenvalue weighted by Gasteiger charge is -2.32. The zero-order valence-electron chi connectivity index (χ0n) is 31.3. The molecule has 3 unspecified atom stereocenters. The number of halogens is 1. The van der Waals surface area contributed by atoms with Crippen LogP contribution in [-0.2, 0) is 33.9 Å². The lowest BCUT2D eigenvalue weighted by atomic mass is 9.99. The van der Waals surface area contributed by atoms with E-state index in [2.05, 4.69) is 25.9 Å². The largest absolute Gasteiger partial charge is 0.361 e. The molecule has 13 nitrogen and oxygen atoms in total. The first-order chi connectivity index (χ1) is 27.2. The molecule has 0 aliphatic carbocycles. The fraction of sp³-hybridized carbons (Fsp3) is 0.341. The molecule has 4 heterocycles. The van der Waals surface area contributed by atoms with E-state index in [0.717, 1.165) is 33.2 Å². The second kappa shape index (κ2) is 19.2. The van der Waals surface area contributed by atoms with Crippen LogP contribution < -0.4 is 33.0 Å². The number of unbranched alkanes of at least 4 members (excludes halogenated alkanes) is 1. The third-order valence-electron chi connectivity index (χ3n) is 10.1. The molecule has 0 saturated carbocycles. The van der Waals surface area contributed by atoms with Gasteiger partial charge in [0.25, 0.3) is 0 Å². The summed E-state index contributed by atoms with van der Waals surface area (Å²) >= 11 is 8.33. The summed E-state index contributed by atoms with van der Waals surface area (Å²) in [4.78, 5) is 68.2. The molecule has 15 heteroatoms. The molecule has 3 atom stereocenters. The Morgan fingerprint density at radius 1 is 0.857 bits per heavy atom. The fourth-order valence-electron chi connectivity index (χ4n) is 6.99. The highest BCUT2D eigenvalue weighted by Gasteiger charge is 2.34.